The van der Waals surface area contributed by atoms with Crippen LogP contribution in [-0.4, -0.2) is 22.2 Å². The monoisotopic (exact) mass is 862 g/mol. The first-order valence-electron chi connectivity index (χ1n) is 20.6. The Kier molecular flexibility index (Phi) is 13.1. The van der Waals surface area contributed by atoms with Crippen molar-refractivity contribution in [2.45, 2.75) is 0 Å². The Hall–Kier alpha value is -9.64. The highest BCUT2D eigenvalue weighted by atomic mass is 16.5. The molecular weight excluding hydrogens is 825 g/mol. The van der Waals surface area contributed by atoms with Crippen LogP contribution in [0.15, 0.2) is 218 Å². The van der Waals surface area contributed by atoms with E-state index in [1.54, 1.807) is 30.3 Å². The number of nitrogens with zero attached hydrogens (tertiary/aromatic N) is 4. The summed E-state index contributed by atoms with van der Waals surface area (Å²) in [6, 6.07) is 67.3. The van der Waals surface area contributed by atoms with Gasteiger partial charge in [-0.1, -0.05) is 84.9 Å². The first kappa shape index (κ1) is 43.0. The lowest BCUT2D eigenvalue weighted by Gasteiger charge is -2.26. The van der Waals surface area contributed by atoms with E-state index >= 15 is 0 Å². The number of anilines is 6. The number of hydrogen-bond acceptors (Lipinski definition) is 7. The molecule has 0 aromatic heterocycles. The van der Waals surface area contributed by atoms with E-state index in [0.29, 0.717) is 22.6 Å². The molecule has 8 rings (SSSR count). The number of benzene rings is 8. The third-order valence-corrected chi connectivity index (χ3v) is 10.3. The molecule has 318 valence electrons. The van der Waals surface area contributed by atoms with Crippen molar-refractivity contribution in [1.82, 2.24) is 0 Å². The number of aliphatic carboxylic acids is 2. The predicted octanol–water partition coefficient (Wildman–Crippen LogP) is 14.2. The molecule has 8 aromatic rings. The summed E-state index contributed by atoms with van der Waals surface area (Å²) >= 11 is 0. The molecule has 0 fully saturated rings. The number of carbonyl (C=O) groups is 2. The Balaban J connectivity index is 1.09. The second-order valence-electron chi connectivity index (χ2n) is 14.7. The van der Waals surface area contributed by atoms with E-state index in [9.17, 15) is 25.1 Å². The number of nitriles is 1. The lowest BCUT2D eigenvalue weighted by Crippen LogP contribution is -2.10. The fourth-order valence-corrected chi connectivity index (χ4v) is 7.12. The minimum Gasteiger partial charge on any atom is -0.486 e. The Morgan fingerprint density at radius 1 is 0.455 bits per heavy atom. The fourth-order valence-electron chi connectivity index (χ4n) is 7.12. The van der Waals surface area contributed by atoms with Crippen molar-refractivity contribution in [3.8, 4) is 40.2 Å². The van der Waals surface area contributed by atoms with Gasteiger partial charge in [-0.05, 0) is 156 Å². The number of carboxylic acid groups (broad SMARTS) is 2. The van der Waals surface area contributed by atoms with Gasteiger partial charge >= 0.3 is 11.9 Å². The van der Waals surface area contributed by atoms with Gasteiger partial charge in [-0.3, -0.25) is 4.79 Å². The highest BCUT2D eigenvalue weighted by Crippen LogP contribution is 2.40. The molecule has 0 bridgehead atoms. The Bertz CT molecular complexity index is 2890. The molecule has 0 atom stereocenters. The number of hydrogen-bond donors (Lipinski definition) is 2. The Morgan fingerprint density at radius 3 is 1.09 bits per heavy atom. The number of para-hydroxylation sites is 2. The van der Waals surface area contributed by atoms with Gasteiger partial charge in [0.1, 0.15) is 34.6 Å². The molecule has 8 aromatic carbocycles. The summed E-state index contributed by atoms with van der Waals surface area (Å²) < 4.78 is 12.1. The predicted molar refractivity (Wildman–Crippen MR) is 258 cm³/mol. The van der Waals surface area contributed by atoms with Crippen LogP contribution in [0.25, 0.3) is 28.1 Å². The van der Waals surface area contributed by atoms with Crippen LogP contribution < -0.4 is 19.3 Å². The van der Waals surface area contributed by atoms with Crippen LogP contribution in [0.3, 0.4) is 0 Å². The fraction of sp³-hybridized carbons (Fsp3) is 0. The molecule has 0 heterocycles. The first-order valence-corrected chi connectivity index (χ1v) is 20.6. The zero-order valence-electron chi connectivity index (χ0n) is 35.1. The summed E-state index contributed by atoms with van der Waals surface area (Å²) in [5, 5.41) is 28.1. The van der Waals surface area contributed by atoms with Gasteiger partial charge < -0.3 is 29.5 Å². The molecule has 0 amide bonds. The molecule has 10 heteroatoms. The van der Waals surface area contributed by atoms with Crippen LogP contribution in [0.5, 0.6) is 23.0 Å². The SMILES string of the molecule is [C-]#[N+]/C(=C\c1ccc(N(c2ccc(Oc3ccccc3)cc2)c2ccc(-c3ccc(N(c4ccc(/C=C(\C#N)C(=O)O)cc4)c4ccc(Oc5ccccc5)cc4)cc3)cc2)cc1)C(=O)O. The third kappa shape index (κ3) is 10.3. The van der Waals surface area contributed by atoms with Gasteiger partial charge in [0, 0.05) is 34.1 Å². The van der Waals surface area contributed by atoms with E-state index in [1.165, 1.54) is 12.2 Å². The molecule has 0 saturated heterocycles. The summed E-state index contributed by atoms with van der Waals surface area (Å²) in [6.07, 6.45) is 2.69. The zero-order valence-corrected chi connectivity index (χ0v) is 35.1. The van der Waals surface area contributed by atoms with Crippen molar-refractivity contribution in [3.05, 3.63) is 240 Å². The van der Waals surface area contributed by atoms with Crippen LogP contribution >= 0.6 is 0 Å². The summed E-state index contributed by atoms with van der Waals surface area (Å²) in [6.45, 7) is 7.25. The molecule has 0 aliphatic heterocycles. The second-order valence-corrected chi connectivity index (χ2v) is 14.7. The van der Waals surface area contributed by atoms with Gasteiger partial charge in [0.2, 0.25) is 0 Å². The molecule has 66 heavy (non-hydrogen) atoms. The molecule has 0 saturated carbocycles. The van der Waals surface area contributed by atoms with Gasteiger partial charge in [0.25, 0.3) is 5.70 Å². The van der Waals surface area contributed by atoms with Crippen LogP contribution in [0.2, 0.25) is 0 Å². The number of rotatable bonds is 15. The minimum atomic E-state index is -1.29. The summed E-state index contributed by atoms with van der Waals surface area (Å²) in [5.74, 6) is 0.232. The highest BCUT2D eigenvalue weighted by molar-refractivity contribution is 5.96. The first-order chi connectivity index (χ1) is 32.2. The number of ether oxygens (including phenoxy) is 2. The minimum absolute atomic E-state index is 0.355. The lowest BCUT2D eigenvalue weighted by molar-refractivity contribution is -0.133. The molecular formula is C56H38N4O6. The van der Waals surface area contributed by atoms with Gasteiger partial charge in [-0.15, -0.1) is 0 Å². The zero-order chi connectivity index (χ0) is 45.8. The molecule has 0 aliphatic rings. The number of carboxylic acids is 2. The van der Waals surface area contributed by atoms with E-state index in [-0.39, 0.29) is 11.3 Å². The van der Waals surface area contributed by atoms with Crippen molar-refractivity contribution in [2.75, 3.05) is 9.80 Å². The maximum absolute atomic E-state index is 11.5. The topological polar surface area (TPSA) is 128 Å². The Labute approximate surface area is 381 Å². The standard InChI is InChI=1S/C56H38N4O6/c1-58-54(56(63)64)37-40-14-22-45(23-15-40)60(49-30-34-53(35-31-49)66-51-10-6-3-7-11-51)47-26-18-42(19-27-47)41-16-24-46(25-17-41)59(44-20-12-39(13-21-44)36-43(38-57)55(61)62)48-28-32-52(33-29-48)65-50-8-4-2-5-9-50/h2-37H,(H,61,62)(H,63,64)/b43-36+,54-37-. The summed E-state index contributed by atoms with van der Waals surface area (Å²) in [7, 11) is 0. The average Bonchev–Trinajstić information content (AvgIpc) is 3.35. The van der Waals surface area contributed by atoms with Crippen molar-refractivity contribution in [2.24, 2.45) is 0 Å². The van der Waals surface area contributed by atoms with Crippen molar-refractivity contribution >= 4 is 58.2 Å². The summed E-state index contributed by atoms with van der Waals surface area (Å²) in [5.41, 5.74) is 7.49. The van der Waals surface area contributed by atoms with E-state index in [4.69, 9.17) is 16.0 Å². The van der Waals surface area contributed by atoms with Gasteiger partial charge in [0.15, 0.2) is 0 Å². The summed E-state index contributed by atoms with van der Waals surface area (Å²) in [4.78, 5) is 30.3. The molecule has 10 nitrogen and oxygen atoms in total. The van der Waals surface area contributed by atoms with Crippen LogP contribution in [-0.2, 0) is 9.59 Å². The largest absolute Gasteiger partial charge is 0.486 e. The quantitative estimate of drug-likeness (QED) is 0.0588. The smallest absolute Gasteiger partial charge is 0.346 e. The van der Waals surface area contributed by atoms with Crippen molar-refractivity contribution < 1.29 is 29.3 Å². The lowest BCUT2D eigenvalue weighted by atomic mass is 10.0. The van der Waals surface area contributed by atoms with Crippen LogP contribution in [0.1, 0.15) is 11.1 Å². The highest BCUT2D eigenvalue weighted by Gasteiger charge is 2.17. The maximum atomic E-state index is 11.5. The van der Waals surface area contributed by atoms with E-state index < -0.39 is 11.9 Å². The van der Waals surface area contributed by atoms with Gasteiger partial charge in [-0.2, -0.15) is 5.26 Å². The van der Waals surface area contributed by atoms with Crippen molar-refractivity contribution in [3.63, 3.8) is 0 Å². The van der Waals surface area contributed by atoms with Crippen molar-refractivity contribution in [1.29, 1.82) is 5.26 Å². The molecule has 0 spiro atoms. The molecule has 0 aliphatic carbocycles. The van der Waals surface area contributed by atoms with E-state index in [2.05, 4.69) is 38.9 Å². The third-order valence-electron chi connectivity index (χ3n) is 10.3. The van der Waals surface area contributed by atoms with Gasteiger partial charge in [-0.25, -0.2) is 9.64 Å². The van der Waals surface area contributed by atoms with E-state index in [1.807, 2.05) is 158 Å². The van der Waals surface area contributed by atoms with Gasteiger partial charge in [0.05, 0.1) is 6.57 Å². The second kappa shape index (κ2) is 20.0. The average molecular weight is 863 g/mol. The van der Waals surface area contributed by atoms with E-state index in [0.717, 1.165) is 56.8 Å². The molecule has 0 unspecified atom stereocenters. The van der Waals surface area contributed by atoms with Crippen LogP contribution in [0.4, 0.5) is 34.1 Å². The Morgan fingerprint density at radius 2 is 0.773 bits per heavy atom. The molecule has 2 N–H and O–H groups in total. The maximum Gasteiger partial charge on any atom is 0.346 e. The van der Waals surface area contributed by atoms with Crippen LogP contribution in [0, 0.1) is 17.9 Å². The molecule has 0 radical (unpaired) electrons. The normalized spacial score (nSPS) is 11.1.